The normalized spacial score (nSPS) is 13.8. The Morgan fingerprint density at radius 2 is 1.53 bits per heavy atom. The van der Waals surface area contributed by atoms with Crippen LogP contribution in [0.1, 0.15) is 49.4 Å². The van der Waals surface area contributed by atoms with Crippen LogP contribution in [0.3, 0.4) is 0 Å². The first-order chi connectivity index (χ1) is 7.69. The highest BCUT2D eigenvalue weighted by Crippen LogP contribution is 2.24. The summed E-state index contributed by atoms with van der Waals surface area (Å²) in [4.78, 5) is 0. The summed E-state index contributed by atoms with van der Waals surface area (Å²) in [7, 11) is 0. The third-order valence-electron chi connectivity index (χ3n) is 3.18. The molecule has 0 radical (unpaired) electrons. The Bertz CT molecular complexity index is 362. The zero-order chi connectivity index (χ0) is 13.2. The van der Waals surface area contributed by atoms with E-state index in [1.165, 1.54) is 22.3 Å². The van der Waals surface area contributed by atoms with E-state index in [2.05, 4.69) is 53.7 Å². The molecule has 1 rings (SSSR count). The molecule has 0 amide bonds. The van der Waals surface area contributed by atoms with Crippen LogP contribution >= 0.6 is 0 Å². The highest BCUT2D eigenvalue weighted by molar-refractivity contribution is 5.38. The van der Waals surface area contributed by atoms with Gasteiger partial charge in [-0.2, -0.15) is 0 Å². The molecule has 96 valence electrons. The standard InChI is InChI=1S/C16H27N/c1-11-7-12(2)15(13(3)8-11)9-14(17)10-16(4,5)6/h7-8,14H,9-10,17H2,1-6H3. The van der Waals surface area contributed by atoms with Crippen LogP contribution in [0.4, 0.5) is 0 Å². The number of rotatable bonds is 3. The van der Waals surface area contributed by atoms with Crippen molar-refractivity contribution in [3.05, 3.63) is 34.4 Å². The fraction of sp³-hybridized carbons (Fsp3) is 0.625. The van der Waals surface area contributed by atoms with Gasteiger partial charge in [-0.05, 0) is 55.7 Å². The first-order valence-corrected chi connectivity index (χ1v) is 6.51. The Kier molecular flexibility index (Phi) is 4.37. The molecule has 0 saturated carbocycles. The number of benzene rings is 1. The van der Waals surface area contributed by atoms with Crippen molar-refractivity contribution < 1.29 is 0 Å². The zero-order valence-electron chi connectivity index (χ0n) is 12.2. The van der Waals surface area contributed by atoms with E-state index in [0.717, 1.165) is 12.8 Å². The zero-order valence-corrected chi connectivity index (χ0v) is 12.2. The minimum Gasteiger partial charge on any atom is -0.327 e. The predicted molar refractivity (Wildman–Crippen MR) is 76.4 cm³/mol. The molecule has 1 aromatic rings. The van der Waals surface area contributed by atoms with Crippen LogP contribution in [0.15, 0.2) is 12.1 Å². The molecule has 1 unspecified atom stereocenters. The van der Waals surface area contributed by atoms with E-state index in [1.54, 1.807) is 0 Å². The molecule has 0 aromatic heterocycles. The molecular weight excluding hydrogens is 206 g/mol. The van der Waals surface area contributed by atoms with Crippen LogP contribution in [0.2, 0.25) is 0 Å². The van der Waals surface area contributed by atoms with Crippen molar-refractivity contribution in [2.75, 3.05) is 0 Å². The molecule has 17 heavy (non-hydrogen) atoms. The van der Waals surface area contributed by atoms with Crippen molar-refractivity contribution in [3.63, 3.8) is 0 Å². The molecule has 1 nitrogen and oxygen atoms in total. The van der Waals surface area contributed by atoms with E-state index in [0.29, 0.717) is 5.41 Å². The molecule has 0 heterocycles. The molecule has 1 atom stereocenters. The Morgan fingerprint density at radius 3 is 1.94 bits per heavy atom. The first-order valence-electron chi connectivity index (χ1n) is 6.51. The summed E-state index contributed by atoms with van der Waals surface area (Å²) >= 11 is 0. The minimum atomic E-state index is 0.259. The van der Waals surface area contributed by atoms with E-state index < -0.39 is 0 Å². The highest BCUT2D eigenvalue weighted by atomic mass is 14.6. The van der Waals surface area contributed by atoms with Crippen molar-refractivity contribution in [1.29, 1.82) is 0 Å². The maximum Gasteiger partial charge on any atom is 0.00845 e. The van der Waals surface area contributed by atoms with Gasteiger partial charge in [0.1, 0.15) is 0 Å². The molecule has 1 heteroatoms. The summed E-state index contributed by atoms with van der Waals surface area (Å²) in [6, 6.07) is 4.77. The summed E-state index contributed by atoms with van der Waals surface area (Å²) < 4.78 is 0. The Hall–Kier alpha value is -0.820. The average molecular weight is 233 g/mol. The van der Waals surface area contributed by atoms with Crippen molar-refractivity contribution >= 4 is 0 Å². The van der Waals surface area contributed by atoms with Gasteiger partial charge in [0, 0.05) is 6.04 Å². The fourth-order valence-electron chi connectivity index (χ4n) is 2.65. The van der Waals surface area contributed by atoms with Crippen molar-refractivity contribution in [3.8, 4) is 0 Å². The van der Waals surface area contributed by atoms with E-state index in [9.17, 15) is 0 Å². The molecule has 0 aliphatic heterocycles. The van der Waals surface area contributed by atoms with Gasteiger partial charge in [0.15, 0.2) is 0 Å². The third-order valence-corrected chi connectivity index (χ3v) is 3.18. The molecule has 0 fully saturated rings. The topological polar surface area (TPSA) is 26.0 Å². The molecule has 0 saturated heterocycles. The molecule has 2 N–H and O–H groups in total. The first kappa shape index (κ1) is 14.2. The van der Waals surface area contributed by atoms with Crippen molar-refractivity contribution in [2.45, 2.75) is 60.4 Å². The van der Waals surface area contributed by atoms with Gasteiger partial charge in [-0.1, -0.05) is 38.5 Å². The van der Waals surface area contributed by atoms with Crippen molar-refractivity contribution in [1.82, 2.24) is 0 Å². The molecule has 0 bridgehead atoms. The summed E-state index contributed by atoms with van der Waals surface area (Å²) in [6.07, 6.45) is 2.06. The Balaban J connectivity index is 2.82. The van der Waals surface area contributed by atoms with Gasteiger partial charge in [-0.3, -0.25) is 0 Å². The summed E-state index contributed by atoms with van der Waals surface area (Å²) in [5.74, 6) is 0. The van der Waals surface area contributed by atoms with Crippen LogP contribution in [-0.2, 0) is 6.42 Å². The van der Waals surface area contributed by atoms with Gasteiger partial charge in [0.05, 0.1) is 0 Å². The largest absolute Gasteiger partial charge is 0.327 e. The van der Waals surface area contributed by atoms with E-state index >= 15 is 0 Å². The van der Waals surface area contributed by atoms with Crippen LogP contribution < -0.4 is 5.73 Å². The monoisotopic (exact) mass is 233 g/mol. The SMILES string of the molecule is Cc1cc(C)c(CC(N)CC(C)(C)C)c(C)c1. The van der Waals surface area contributed by atoms with Crippen LogP contribution in [-0.4, -0.2) is 6.04 Å². The second kappa shape index (κ2) is 5.22. The number of aryl methyl sites for hydroxylation is 3. The van der Waals surface area contributed by atoms with Gasteiger partial charge in [-0.25, -0.2) is 0 Å². The predicted octanol–water partition coefficient (Wildman–Crippen LogP) is 3.92. The number of hydrogen-bond acceptors (Lipinski definition) is 1. The summed E-state index contributed by atoms with van der Waals surface area (Å²) in [5.41, 5.74) is 12.1. The minimum absolute atomic E-state index is 0.259. The van der Waals surface area contributed by atoms with E-state index in [4.69, 9.17) is 5.73 Å². The third kappa shape index (κ3) is 4.51. The van der Waals surface area contributed by atoms with Crippen molar-refractivity contribution in [2.24, 2.45) is 11.1 Å². The fourth-order valence-corrected chi connectivity index (χ4v) is 2.65. The van der Waals surface area contributed by atoms with Gasteiger partial charge in [-0.15, -0.1) is 0 Å². The molecule has 1 aromatic carbocycles. The van der Waals surface area contributed by atoms with Gasteiger partial charge >= 0.3 is 0 Å². The molecule has 0 aliphatic carbocycles. The van der Waals surface area contributed by atoms with Gasteiger partial charge in [0.25, 0.3) is 0 Å². The maximum atomic E-state index is 6.27. The van der Waals surface area contributed by atoms with Crippen LogP contribution in [0, 0.1) is 26.2 Å². The highest BCUT2D eigenvalue weighted by Gasteiger charge is 2.17. The quantitative estimate of drug-likeness (QED) is 0.841. The lowest BCUT2D eigenvalue weighted by molar-refractivity contribution is 0.338. The molecular formula is C16H27N. The maximum absolute atomic E-state index is 6.27. The summed E-state index contributed by atoms with van der Waals surface area (Å²) in [6.45, 7) is 13.3. The smallest absolute Gasteiger partial charge is 0.00845 e. The van der Waals surface area contributed by atoms with Crippen LogP contribution in [0.5, 0.6) is 0 Å². The Labute approximate surface area is 106 Å². The lowest BCUT2D eigenvalue weighted by atomic mass is 9.84. The van der Waals surface area contributed by atoms with Gasteiger partial charge in [0.2, 0.25) is 0 Å². The average Bonchev–Trinajstić information content (AvgIpc) is 2.08. The lowest BCUT2D eigenvalue weighted by Crippen LogP contribution is -2.29. The van der Waals surface area contributed by atoms with Crippen LogP contribution in [0.25, 0.3) is 0 Å². The van der Waals surface area contributed by atoms with Gasteiger partial charge < -0.3 is 5.73 Å². The second-order valence-corrected chi connectivity index (χ2v) is 6.61. The summed E-state index contributed by atoms with van der Waals surface area (Å²) in [5, 5.41) is 0. The molecule has 0 aliphatic rings. The van der Waals surface area contributed by atoms with E-state index in [-0.39, 0.29) is 6.04 Å². The van der Waals surface area contributed by atoms with E-state index in [1.807, 2.05) is 0 Å². The molecule has 0 spiro atoms. The Morgan fingerprint density at radius 1 is 1.06 bits per heavy atom. The second-order valence-electron chi connectivity index (χ2n) is 6.61. The number of nitrogens with two attached hydrogens (primary N) is 1. The lowest BCUT2D eigenvalue weighted by Gasteiger charge is -2.24. The number of hydrogen-bond donors (Lipinski definition) is 1.